The Bertz CT molecular complexity index is 350. The Labute approximate surface area is 90.1 Å². The molecule has 2 atom stereocenters. The molecule has 80 valence electrons. The normalized spacial score (nSPS) is 26.0. The Balaban J connectivity index is 2.27. The number of amides is 1. The van der Waals surface area contributed by atoms with Crippen LogP contribution in [-0.4, -0.2) is 25.0 Å². The Morgan fingerprint density at radius 3 is 2.53 bits per heavy atom. The molecule has 3 heteroatoms. The monoisotopic (exact) mass is 204 g/mol. The fraction of sp³-hybridized carbons (Fsp3) is 0.417. The lowest BCUT2D eigenvalue weighted by molar-refractivity contribution is -0.118. The number of carbonyl (C=O) groups excluding carboxylic acids is 1. The number of hydrogen-bond donors (Lipinski definition) is 1. The van der Waals surface area contributed by atoms with Crippen molar-refractivity contribution in [3.05, 3.63) is 30.3 Å². The zero-order chi connectivity index (χ0) is 10.8. The molecule has 2 rings (SSSR count). The van der Waals surface area contributed by atoms with Crippen LogP contribution in [0, 0.1) is 0 Å². The Morgan fingerprint density at radius 2 is 2.00 bits per heavy atom. The molecule has 1 N–H and O–H groups in total. The number of anilines is 1. The van der Waals surface area contributed by atoms with E-state index in [0.29, 0.717) is 0 Å². The van der Waals surface area contributed by atoms with Crippen molar-refractivity contribution in [1.29, 1.82) is 0 Å². The van der Waals surface area contributed by atoms with Gasteiger partial charge in [0.05, 0.1) is 6.04 Å². The molecule has 1 aromatic carbocycles. The van der Waals surface area contributed by atoms with E-state index in [0.717, 1.165) is 12.1 Å². The van der Waals surface area contributed by atoms with E-state index in [9.17, 15) is 4.79 Å². The molecule has 0 bridgehead atoms. The van der Waals surface area contributed by atoms with Gasteiger partial charge in [-0.05, 0) is 32.5 Å². The van der Waals surface area contributed by atoms with Gasteiger partial charge in [0.15, 0.2) is 0 Å². The van der Waals surface area contributed by atoms with Gasteiger partial charge in [0.2, 0.25) is 5.91 Å². The molecule has 0 radical (unpaired) electrons. The van der Waals surface area contributed by atoms with Crippen molar-refractivity contribution >= 4 is 11.6 Å². The zero-order valence-electron chi connectivity index (χ0n) is 9.10. The minimum absolute atomic E-state index is 0.0276. The summed E-state index contributed by atoms with van der Waals surface area (Å²) >= 11 is 0. The number of nitrogens with one attached hydrogen (secondary N) is 1. The molecule has 1 saturated heterocycles. The van der Waals surface area contributed by atoms with Crippen LogP contribution in [0.3, 0.4) is 0 Å². The number of nitrogens with zero attached hydrogens (tertiary/aromatic N) is 1. The van der Waals surface area contributed by atoms with Crippen molar-refractivity contribution in [2.24, 2.45) is 0 Å². The molecule has 1 aromatic rings. The summed E-state index contributed by atoms with van der Waals surface area (Å²) in [4.78, 5) is 13.9. The summed E-state index contributed by atoms with van der Waals surface area (Å²) in [6, 6.07) is 10.1. The maximum absolute atomic E-state index is 12.0. The fourth-order valence-corrected chi connectivity index (χ4v) is 2.14. The van der Waals surface area contributed by atoms with Crippen LogP contribution in [0.15, 0.2) is 30.3 Å². The van der Waals surface area contributed by atoms with E-state index in [-0.39, 0.29) is 18.0 Å². The lowest BCUT2D eigenvalue weighted by Gasteiger charge is -2.21. The summed E-state index contributed by atoms with van der Waals surface area (Å²) in [6.07, 6.45) is 0.879. The van der Waals surface area contributed by atoms with Gasteiger partial charge in [0, 0.05) is 11.7 Å². The number of likely N-dealkylation sites (N-methyl/N-ethyl adjacent to an activating group) is 1. The Morgan fingerprint density at radius 1 is 1.33 bits per heavy atom. The molecule has 1 aliphatic heterocycles. The quantitative estimate of drug-likeness (QED) is 0.789. The first-order chi connectivity index (χ1) is 7.24. The second-order valence-corrected chi connectivity index (χ2v) is 3.97. The van der Waals surface area contributed by atoms with Gasteiger partial charge in [-0.25, -0.2) is 0 Å². The summed E-state index contributed by atoms with van der Waals surface area (Å²) in [7, 11) is 1.84. The van der Waals surface area contributed by atoms with Gasteiger partial charge in [-0.3, -0.25) is 4.79 Å². The smallest absolute Gasteiger partial charge is 0.244 e. The SMILES string of the molecule is CN[C@@H]1C[C@@H](C)N(c2ccccc2)C1=O. The fourth-order valence-electron chi connectivity index (χ4n) is 2.14. The van der Waals surface area contributed by atoms with Gasteiger partial charge in [-0.15, -0.1) is 0 Å². The van der Waals surface area contributed by atoms with E-state index >= 15 is 0 Å². The zero-order valence-corrected chi connectivity index (χ0v) is 9.10. The van der Waals surface area contributed by atoms with Crippen LogP contribution in [0.5, 0.6) is 0 Å². The van der Waals surface area contributed by atoms with Gasteiger partial charge >= 0.3 is 0 Å². The second-order valence-electron chi connectivity index (χ2n) is 3.97. The number of rotatable bonds is 2. The Kier molecular flexibility index (Phi) is 2.73. The second kappa shape index (κ2) is 4.03. The molecule has 0 aromatic heterocycles. The van der Waals surface area contributed by atoms with E-state index < -0.39 is 0 Å². The summed E-state index contributed by atoms with van der Waals surface area (Å²) in [5, 5.41) is 3.05. The summed E-state index contributed by atoms with van der Waals surface area (Å²) in [5.74, 6) is 0.177. The highest BCUT2D eigenvalue weighted by molar-refractivity contribution is 6.00. The molecule has 0 saturated carbocycles. The maximum atomic E-state index is 12.0. The minimum atomic E-state index is -0.0276. The number of benzene rings is 1. The molecule has 1 heterocycles. The first-order valence-corrected chi connectivity index (χ1v) is 5.29. The van der Waals surface area contributed by atoms with E-state index in [1.807, 2.05) is 42.3 Å². The standard InChI is InChI=1S/C12H16N2O/c1-9-8-11(13-2)12(15)14(9)10-6-4-3-5-7-10/h3-7,9,11,13H,8H2,1-2H3/t9-,11-/m1/s1. The maximum Gasteiger partial charge on any atom is 0.244 e. The van der Waals surface area contributed by atoms with Crippen molar-refractivity contribution in [2.75, 3.05) is 11.9 Å². The van der Waals surface area contributed by atoms with Crippen molar-refractivity contribution in [2.45, 2.75) is 25.4 Å². The molecule has 0 unspecified atom stereocenters. The van der Waals surface area contributed by atoms with Crippen LogP contribution < -0.4 is 10.2 Å². The average Bonchev–Trinajstić information content (AvgIpc) is 2.55. The van der Waals surface area contributed by atoms with Crippen molar-refractivity contribution in [3.63, 3.8) is 0 Å². The number of para-hydroxylation sites is 1. The van der Waals surface area contributed by atoms with E-state index in [2.05, 4.69) is 12.2 Å². The van der Waals surface area contributed by atoms with Crippen molar-refractivity contribution < 1.29 is 4.79 Å². The molecule has 1 aliphatic rings. The topological polar surface area (TPSA) is 32.3 Å². The van der Waals surface area contributed by atoms with Crippen LogP contribution in [0.2, 0.25) is 0 Å². The van der Waals surface area contributed by atoms with Crippen LogP contribution >= 0.6 is 0 Å². The molecule has 1 fully saturated rings. The van der Waals surface area contributed by atoms with E-state index in [1.165, 1.54) is 0 Å². The molecular formula is C12H16N2O. The minimum Gasteiger partial charge on any atom is -0.309 e. The number of carbonyl (C=O) groups is 1. The summed E-state index contributed by atoms with van der Waals surface area (Å²) < 4.78 is 0. The predicted molar refractivity (Wildman–Crippen MR) is 60.9 cm³/mol. The average molecular weight is 204 g/mol. The van der Waals surface area contributed by atoms with Gasteiger partial charge in [0.25, 0.3) is 0 Å². The molecule has 0 spiro atoms. The molecule has 1 amide bonds. The first-order valence-electron chi connectivity index (χ1n) is 5.29. The molecule has 15 heavy (non-hydrogen) atoms. The highest BCUT2D eigenvalue weighted by Gasteiger charge is 2.36. The van der Waals surface area contributed by atoms with Crippen molar-refractivity contribution in [1.82, 2.24) is 5.32 Å². The predicted octanol–water partition coefficient (Wildman–Crippen LogP) is 1.40. The van der Waals surface area contributed by atoms with E-state index in [4.69, 9.17) is 0 Å². The highest BCUT2D eigenvalue weighted by Crippen LogP contribution is 2.25. The van der Waals surface area contributed by atoms with Crippen LogP contribution in [0.1, 0.15) is 13.3 Å². The van der Waals surface area contributed by atoms with Gasteiger partial charge in [-0.2, -0.15) is 0 Å². The first kappa shape index (κ1) is 10.2. The third-order valence-electron chi connectivity index (χ3n) is 2.94. The molecule has 0 aliphatic carbocycles. The van der Waals surface area contributed by atoms with Gasteiger partial charge < -0.3 is 10.2 Å². The molecule has 3 nitrogen and oxygen atoms in total. The lowest BCUT2D eigenvalue weighted by Crippen LogP contribution is -2.37. The summed E-state index contributed by atoms with van der Waals surface area (Å²) in [5.41, 5.74) is 0.993. The third kappa shape index (κ3) is 1.75. The van der Waals surface area contributed by atoms with E-state index in [1.54, 1.807) is 0 Å². The third-order valence-corrected chi connectivity index (χ3v) is 2.94. The van der Waals surface area contributed by atoms with Gasteiger partial charge in [-0.1, -0.05) is 18.2 Å². The van der Waals surface area contributed by atoms with Crippen LogP contribution in [0.4, 0.5) is 5.69 Å². The number of hydrogen-bond acceptors (Lipinski definition) is 2. The largest absolute Gasteiger partial charge is 0.309 e. The summed E-state index contributed by atoms with van der Waals surface area (Å²) in [6.45, 7) is 2.09. The lowest BCUT2D eigenvalue weighted by atomic mass is 10.2. The Hall–Kier alpha value is -1.35. The van der Waals surface area contributed by atoms with Crippen LogP contribution in [0.25, 0.3) is 0 Å². The van der Waals surface area contributed by atoms with Gasteiger partial charge in [0.1, 0.15) is 0 Å². The van der Waals surface area contributed by atoms with Crippen molar-refractivity contribution in [3.8, 4) is 0 Å². The highest BCUT2D eigenvalue weighted by atomic mass is 16.2. The molecular weight excluding hydrogens is 188 g/mol. The van der Waals surface area contributed by atoms with Crippen LogP contribution in [-0.2, 0) is 4.79 Å².